The van der Waals surface area contributed by atoms with Crippen molar-refractivity contribution in [3.63, 3.8) is 0 Å². The number of urea groups is 1. The summed E-state index contributed by atoms with van der Waals surface area (Å²) in [5, 5.41) is 5.16. The molecule has 0 aliphatic carbocycles. The van der Waals surface area contributed by atoms with Crippen molar-refractivity contribution >= 4 is 22.8 Å². The van der Waals surface area contributed by atoms with Crippen LogP contribution in [0, 0.1) is 6.92 Å². The van der Waals surface area contributed by atoms with Gasteiger partial charge < -0.3 is 5.32 Å². The number of amides is 3. The lowest BCUT2D eigenvalue weighted by Gasteiger charge is -2.11. The first-order chi connectivity index (χ1) is 10.5. The van der Waals surface area contributed by atoms with Crippen molar-refractivity contribution in [3.05, 3.63) is 40.4 Å². The molecule has 0 radical (unpaired) electrons. The monoisotopic (exact) mass is 302 g/mol. The summed E-state index contributed by atoms with van der Waals surface area (Å²) < 4.78 is 1.25. The number of nitrogens with zero attached hydrogens (tertiary/aromatic N) is 2. The Morgan fingerprint density at radius 3 is 2.73 bits per heavy atom. The lowest BCUT2D eigenvalue weighted by molar-refractivity contribution is -0.120. The van der Waals surface area contributed by atoms with Gasteiger partial charge in [0, 0.05) is 6.54 Å². The zero-order valence-corrected chi connectivity index (χ0v) is 12.5. The Kier molecular flexibility index (Phi) is 4.88. The number of para-hydroxylation sites is 1. The molecule has 116 valence electrons. The summed E-state index contributed by atoms with van der Waals surface area (Å²) in [6.45, 7) is 3.79. The molecule has 7 heteroatoms. The van der Waals surface area contributed by atoms with Crippen molar-refractivity contribution in [1.29, 1.82) is 0 Å². The minimum atomic E-state index is -0.564. The van der Waals surface area contributed by atoms with Crippen LogP contribution < -0.4 is 16.2 Å². The van der Waals surface area contributed by atoms with E-state index in [1.165, 1.54) is 4.57 Å². The quantitative estimate of drug-likeness (QED) is 0.879. The van der Waals surface area contributed by atoms with Gasteiger partial charge in [-0.15, -0.1) is 0 Å². The average molecular weight is 302 g/mol. The molecular formula is C15H18N4O3. The van der Waals surface area contributed by atoms with Gasteiger partial charge >= 0.3 is 6.03 Å². The second kappa shape index (κ2) is 6.84. The molecule has 2 rings (SSSR count). The van der Waals surface area contributed by atoms with E-state index in [1.54, 1.807) is 31.2 Å². The van der Waals surface area contributed by atoms with Gasteiger partial charge in [0.1, 0.15) is 12.4 Å². The zero-order chi connectivity index (χ0) is 16.1. The number of aryl methyl sites for hydroxylation is 1. The van der Waals surface area contributed by atoms with Gasteiger partial charge in [-0.1, -0.05) is 19.1 Å². The Hall–Kier alpha value is -2.70. The van der Waals surface area contributed by atoms with E-state index in [9.17, 15) is 14.4 Å². The van der Waals surface area contributed by atoms with Crippen molar-refractivity contribution in [1.82, 2.24) is 20.2 Å². The number of fused-ring (bicyclic) bond motifs is 1. The summed E-state index contributed by atoms with van der Waals surface area (Å²) in [5.41, 5.74) is 0.287. The van der Waals surface area contributed by atoms with Crippen LogP contribution in [0.1, 0.15) is 19.2 Å². The number of benzene rings is 1. The Morgan fingerprint density at radius 1 is 1.27 bits per heavy atom. The van der Waals surface area contributed by atoms with E-state index < -0.39 is 11.9 Å². The van der Waals surface area contributed by atoms with Gasteiger partial charge in [0.2, 0.25) is 5.91 Å². The van der Waals surface area contributed by atoms with Gasteiger partial charge in [-0.25, -0.2) is 9.78 Å². The molecule has 1 aromatic heterocycles. The van der Waals surface area contributed by atoms with Crippen LogP contribution in [0.5, 0.6) is 0 Å². The fourth-order valence-corrected chi connectivity index (χ4v) is 2.06. The summed E-state index contributed by atoms with van der Waals surface area (Å²) in [4.78, 5) is 40.0. The van der Waals surface area contributed by atoms with Gasteiger partial charge in [0.05, 0.1) is 10.9 Å². The van der Waals surface area contributed by atoms with Crippen molar-refractivity contribution in [3.8, 4) is 0 Å². The first-order valence-electron chi connectivity index (χ1n) is 7.06. The minimum absolute atomic E-state index is 0.248. The number of imide groups is 1. The molecule has 0 fully saturated rings. The molecule has 0 atom stereocenters. The highest BCUT2D eigenvalue weighted by atomic mass is 16.2. The van der Waals surface area contributed by atoms with Crippen LogP contribution in [0.4, 0.5) is 4.79 Å². The molecule has 0 aliphatic heterocycles. The molecule has 7 nitrogen and oxygen atoms in total. The summed E-state index contributed by atoms with van der Waals surface area (Å²) in [6, 6.07) is 6.37. The molecular weight excluding hydrogens is 284 g/mol. The molecule has 0 saturated carbocycles. The largest absolute Gasteiger partial charge is 0.338 e. The first kappa shape index (κ1) is 15.7. The third-order valence-corrected chi connectivity index (χ3v) is 3.14. The normalized spacial score (nSPS) is 10.5. The highest BCUT2D eigenvalue weighted by Gasteiger charge is 2.13. The summed E-state index contributed by atoms with van der Waals surface area (Å²) >= 11 is 0. The molecule has 22 heavy (non-hydrogen) atoms. The van der Waals surface area contributed by atoms with Gasteiger partial charge in [0.15, 0.2) is 0 Å². The number of hydrogen-bond donors (Lipinski definition) is 2. The number of aromatic nitrogens is 2. The van der Waals surface area contributed by atoms with E-state index in [0.29, 0.717) is 23.3 Å². The van der Waals surface area contributed by atoms with E-state index in [2.05, 4.69) is 15.6 Å². The van der Waals surface area contributed by atoms with Gasteiger partial charge in [-0.3, -0.25) is 19.5 Å². The van der Waals surface area contributed by atoms with Crippen LogP contribution in [0.25, 0.3) is 10.9 Å². The van der Waals surface area contributed by atoms with Gasteiger partial charge in [-0.05, 0) is 25.5 Å². The van der Waals surface area contributed by atoms with Crippen molar-refractivity contribution in [2.75, 3.05) is 6.54 Å². The maximum atomic E-state index is 12.4. The molecule has 0 aliphatic rings. The second-order valence-electron chi connectivity index (χ2n) is 4.87. The molecule has 2 aromatic rings. The maximum absolute atomic E-state index is 12.4. The number of carbonyl (C=O) groups excluding carboxylic acids is 2. The smallest absolute Gasteiger partial charge is 0.321 e. The number of rotatable bonds is 4. The highest BCUT2D eigenvalue weighted by Crippen LogP contribution is 2.07. The van der Waals surface area contributed by atoms with Crippen LogP contribution in [0.3, 0.4) is 0 Å². The van der Waals surface area contributed by atoms with Crippen LogP contribution in [0.15, 0.2) is 29.1 Å². The maximum Gasteiger partial charge on any atom is 0.321 e. The predicted molar refractivity (Wildman–Crippen MR) is 82.6 cm³/mol. The molecule has 0 bridgehead atoms. The van der Waals surface area contributed by atoms with E-state index in [1.807, 2.05) is 6.92 Å². The third kappa shape index (κ3) is 3.49. The molecule has 2 N–H and O–H groups in total. The minimum Gasteiger partial charge on any atom is -0.338 e. The summed E-state index contributed by atoms with van der Waals surface area (Å²) in [6.07, 6.45) is 0.773. The van der Waals surface area contributed by atoms with Crippen LogP contribution in [-0.2, 0) is 11.3 Å². The van der Waals surface area contributed by atoms with E-state index in [0.717, 1.165) is 6.42 Å². The van der Waals surface area contributed by atoms with Crippen LogP contribution in [0.2, 0.25) is 0 Å². The second-order valence-corrected chi connectivity index (χ2v) is 4.87. The van der Waals surface area contributed by atoms with E-state index in [-0.39, 0.29) is 12.1 Å². The number of carbonyl (C=O) groups is 2. The van der Waals surface area contributed by atoms with E-state index in [4.69, 9.17) is 0 Å². The molecule has 1 heterocycles. The van der Waals surface area contributed by atoms with Crippen LogP contribution in [-0.4, -0.2) is 28.0 Å². The lowest BCUT2D eigenvalue weighted by Crippen LogP contribution is -2.42. The molecule has 1 aromatic carbocycles. The highest BCUT2D eigenvalue weighted by molar-refractivity contribution is 5.94. The summed E-state index contributed by atoms with van der Waals surface area (Å²) in [5.74, 6) is -0.135. The Bertz CT molecular complexity index is 767. The zero-order valence-electron chi connectivity index (χ0n) is 12.5. The number of nitrogens with one attached hydrogen (secondary N) is 2. The van der Waals surface area contributed by atoms with Gasteiger partial charge in [-0.2, -0.15) is 0 Å². The first-order valence-corrected chi connectivity index (χ1v) is 7.06. The standard InChI is InChI=1S/C15H18N4O3/c1-3-8-16-15(22)18-13(20)9-19-10(2)17-12-7-5-4-6-11(12)14(19)21/h4-7H,3,8-9H2,1-2H3,(H2,16,18,20,22). The lowest BCUT2D eigenvalue weighted by atomic mass is 10.2. The SMILES string of the molecule is CCCNC(=O)NC(=O)Cn1c(C)nc2ccccc2c1=O. The third-order valence-electron chi connectivity index (χ3n) is 3.14. The molecule has 3 amide bonds. The average Bonchev–Trinajstić information content (AvgIpc) is 2.49. The Labute approximate surface area is 127 Å². The fourth-order valence-electron chi connectivity index (χ4n) is 2.06. The Balaban J connectivity index is 2.19. The van der Waals surface area contributed by atoms with E-state index >= 15 is 0 Å². The number of hydrogen-bond acceptors (Lipinski definition) is 4. The molecule has 0 saturated heterocycles. The Morgan fingerprint density at radius 2 is 2.00 bits per heavy atom. The predicted octanol–water partition coefficient (Wildman–Crippen LogP) is 0.941. The topological polar surface area (TPSA) is 93.1 Å². The van der Waals surface area contributed by atoms with Crippen molar-refractivity contribution in [2.45, 2.75) is 26.8 Å². The van der Waals surface area contributed by atoms with Crippen LogP contribution >= 0.6 is 0 Å². The van der Waals surface area contributed by atoms with Crippen molar-refractivity contribution < 1.29 is 9.59 Å². The van der Waals surface area contributed by atoms with Crippen molar-refractivity contribution in [2.24, 2.45) is 0 Å². The summed E-state index contributed by atoms with van der Waals surface area (Å²) in [7, 11) is 0. The molecule has 0 unspecified atom stereocenters. The fraction of sp³-hybridized carbons (Fsp3) is 0.333. The van der Waals surface area contributed by atoms with Gasteiger partial charge in [0.25, 0.3) is 5.56 Å². The molecule has 0 spiro atoms.